The molecule has 0 bridgehead atoms. The second kappa shape index (κ2) is 5.47. The number of rotatable bonds is 6. The first-order chi connectivity index (χ1) is 9.20. The fourth-order valence-electron chi connectivity index (χ4n) is 2.58. The van der Waals surface area contributed by atoms with E-state index in [9.17, 15) is 4.39 Å². The van der Waals surface area contributed by atoms with Crippen molar-refractivity contribution in [1.82, 2.24) is 10.2 Å². The normalized spacial score (nSPS) is 21.5. The van der Waals surface area contributed by atoms with Crippen LogP contribution < -0.4 is 10.1 Å². The molecule has 0 aromatic heterocycles. The summed E-state index contributed by atoms with van der Waals surface area (Å²) in [6, 6.07) is 5.55. The molecule has 1 aromatic rings. The highest BCUT2D eigenvalue weighted by Crippen LogP contribution is 2.29. The van der Waals surface area contributed by atoms with E-state index < -0.39 is 0 Å². The molecular weight excluding hydrogens is 243 g/mol. The summed E-state index contributed by atoms with van der Waals surface area (Å²) < 4.78 is 19.0. The fourth-order valence-corrected chi connectivity index (χ4v) is 2.58. The molecule has 1 aliphatic carbocycles. The van der Waals surface area contributed by atoms with Crippen LogP contribution in [-0.4, -0.2) is 43.7 Å². The molecule has 3 nitrogen and oxygen atoms in total. The summed E-state index contributed by atoms with van der Waals surface area (Å²) in [5.41, 5.74) is 0.995. The monoisotopic (exact) mass is 264 g/mol. The highest BCUT2D eigenvalue weighted by atomic mass is 19.1. The Labute approximate surface area is 113 Å². The van der Waals surface area contributed by atoms with Gasteiger partial charge in [0, 0.05) is 37.7 Å². The first-order valence-corrected chi connectivity index (χ1v) is 7.08. The van der Waals surface area contributed by atoms with E-state index in [4.69, 9.17) is 4.74 Å². The van der Waals surface area contributed by atoms with Crippen molar-refractivity contribution < 1.29 is 9.13 Å². The van der Waals surface area contributed by atoms with Crippen LogP contribution in [0, 0.1) is 5.82 Å². The summed E-state index contributed by atoms with van der Waals surface area (Å²) in [5, 5.41) is 3.50. The van der Waals surface area contributed by atoms with Crippen LogP contribution in [0.25, 0.3) is 0 Å². The van der Waals surface area contributed by atoms with Gasteiger partial charge >= 0.3 is 0 Å². The summed E-state index contributed by atoms with van der Waals surface area (Å²) in [5.74, 6) is 0.667. The minimum absolute atomic E-state index is 0.155. The Morgan fingerprint density at radius 2 is 2.26 bits per heavy atom. The van der Waals surface area contributed by atoms with Crippen LogP contribution in [0.5, 0.6) is 5.75 Å². The largest absolute Gasteiger partial charge is 0.488 e. The zero-order chi connectivity index (χ0) is 13.2. The van der Waals surface area contributed by atoms with Gasteiger partial charge in [0.2, 0.25) is 0 Å². The first kappa shape index (κ1) is 12.9. The van der Waals surface area contributed by atoms with Gasteiger partial charge in [-0.05, 0) is 38.1 Å². The lowest BCUT2D eigenvalue weighted by Gasteiger charge is -2.20. The molecule has 1 atom stereocenters. The quantitative estimate of drug-likeness (QED) is 0.848. The lowest BCUT2D eigenvalue weighted by atomic mass is 10.1. The molecule has 1 aromatic carbocycles. The number of likely N-dealkylation sites (N-methyl/N-ethyl adjacent to an activating group) is 1. The SMILES string of the molecule is CN(CCNC1CC1)CC1Cc2cc(F)ccc2O1. The Hall–Kier alpha value is -1.13. The zero-order valence-corrected chi connectivity index (χ0v) is 11.4. The van der Waals surface area contributed by atoms with E-state index in [2.05, 4.69) is 17.3 Å². The van der Waals surface area contributed by atoms with Gasteiger partial charge in [0.25, 0.3) is 0 Å². The molecule has 2 aliphatic rings. The van der Waals surface area contributed by atoms with Crippen molar-refractivity contribution in [2.45, 2.75) is 31.4 Å². The molecule has 0 saturated heterocycles. The van der Waals surface area contributed by atoms with Crippen molar-refractivity contribution in [3.05, 3.63) is 29.6 Å². The third kappa shape index (κ3) is 3.45. The molecule has 0 radical (unpaired) electrons. The van der Waals surface area contributed by atoms with E-state index in [0.717, 1.165) is 43.4 Å². The van der Waals surface area contributed by atoms with Crippen LogP contribution in [0.15, 0.2) is 18.2 Å². The molecule has 19 heavy (non-hydrogen) atoms. The van der Waals surface area contributed by atoms with Crippen molar-refractivity contribution in [1.29, 1.82) is 0 Å². The van der Waals surface area contributed by atoms with Gasteiger partial charge in [-0.3, -0.25) is 0 Å². The van der Waals surface area contributed by atoms with Gasteiger partial charge in [-0.1, -0.05) is 0 Å². The first-order valence-electron chi connectivity index (χ1n) is 7.08. The molecule has 1 fully saturated rings. The van der Waals surface area contributed by atoms with Crippen LogP contribution in [0.4, 0.5) is 4.39 Å². The number of nitrogens with one attached hydrogen (secondary N) is 1. The third-order valence-electron chi connectivity index (χ3n) is 3.78. The fraction of sp³-hybridized carbons (Fsp3) is 0.600. The maximum Gasteiger partial charge on any atom is 0.123 e. The number of benzene rings is 1. The maximum absolute atomic E-state index is 13.1. The molecule has 1 unspecified atom stereocenters. The van der Waals surface area contributed by atoms with Crippen molar-refractivity contribution >= 4 is 0 Å². The van der Waals surface area contributed by atoms with E-state index in [1.807, 2.05) is 0 Å². The highest BCUT2D eigenvalue weighted by Gasteiger charge is 2.24. The Morgan fingerprint density at radius 1 is 1.42 bits per heavy atom. The molecule has 0 amide bonds. The van der Waals surface area contributed by atoms with Gasteiger partial charge < -0.3 is 15.0 Å². The second-order valence-electron chi connectivity index (χ2n) is 5.69. The van der Waals surface area contributed by atoms with Gasteiger partial charge in [0.15, 0.2) is 0 Å². The average molecular weight is 264 g/mol. The molecule has 0 spiro atoms. The maximum atomic E-state index is 13.1. The summed E-state index contributed by atoms with van der Waals surface area (Å²) in [6.45, 7) is 2.96. The number of halogens is 1. The van der Waals surface area contributed by atoms with Gasteiger partial charge in [-0.2, -0.15) is 0 Å². The van der Waals surface area contributed by atoms with Gasteiger partial charge in [0.1, 0.15) is 17.7 Å². The van der Waals surface area contributed by atoms with Crippen LogP contribution in [0.3, 0.4) is 0 Å². The van der Waals surface area contributed by atoms with Crippen LogP contribution >= 0.6 is 0 Å². The highest BCUT2D eigenvalue weighted by molar-refractivity contribution is 5.37. The van der Waals surface area contributed by atoms with E-state index >= 15 is 0 Å². The molecule has 1 N–H and O–H groups in total. The number of fused-ring (bicyclic) bond motifs is 1. The Kier molecular flexibility index (Phi) is 3.71. The zero-order valence-electron chi connectivity index (χ0n) is 11.4. The molecule has 4 heteroatoms. The minimum Gasteiger partial charge on any atom is -0.488 e. The second-order valence-corrected chi connectivity index (χ2v) is 5.69. The van der Waals surface area contributed by atoms with E-state index in [1.54, 1.807) is 12.1 Å². The average Bonchev–Trinajstić information content (AvgIpc) is 3.09. The van der Waals surface area contributed by atoms with Crippen molar-refractivity contribution in [3.8, 4) is 5.75 Å². The number of hydrogen-bond acceptors (Lipinski definition) is 3. The van der Waals surface area contributed by atoms with E-state index in [1.165, 1.54) is 18.9 Å². The topological polar surface area (TPSA) is 24.5 Å². The Morgan fingerprint density at radius 3 is 3.05 bits per heavy atom. The molecular formula is C15H21FN2O. The minimum atomic E-state index is -0.176. The summed E-state index contributed by atoms with van der Waals surface area (Å²) >= 11 is 0. The predicted molar refractivity (Wildman–Crippen MR) is 73.0 cm³/mol. The van der Waals surface area contributed by atoms with Crippen molar-refractivity contribution in [2.24, 2.45) is 0 Å². The van der Waals surface area contributed by atoms with E-state index in [0.29, 0.717) is 0 Å². The summed E-state index contributed by atoms with van der Waals surface area (Å²) in [6.07, 6.45) is 3.63. The van der Waals surface area contributed by atoms with E-state index in [-0.39, 0.29) is 11.9 Å². The van der Waals surface area contributed by atoms with Gasteiger partial charge in [0.05, 0.1) is 0 Å². The Balaban J connectivity index is 1.43. The molecule has 1 aliphatic heterocycles. The van der Waals surface area contributed by atoms with Crippen molar-refractivity contribution in [3.63, 3.8) is 0 Å². The smallest absolute Gasteiger partial charge is 0.123 e. The summed E-state index contributed by atoms with van der Waals surface area (Å²) in [7, 11) is 2.11. The molecule has 3 rings (SSSR count). The molecule has 1 saturated carbocycles. The van der Waals surface area contributed by atoms with Crippen LogP contribution in [0.1, 0.15) is 18.4 Å². The number of nitrogens with zero attached hydrogens (tertiary/aromatic N) is 1. The van der Waals surface area contributed by atoms with Gasteiger partial charge in [-0.25, -0.2) is 4.39 Å². The van der Waals surface area contributed by atoms with Crippen LogP contribution in [0.2, 0.25) is 0 Å². The standard InChI is InChI=1S/C15H21FN2O/c1-18(7-6-17-13-3-4-13)10-14-9-11-8-12(16)2-5-15(11)19-14/h2,5,8,13-14,17H,3-4,6-7,9-10H2,1H3. The summed E-state index contributed by atoms with van der Waals surface area (Å²) in [4.78, 5) is 2.28. The number of ether oxygens (including phenoxy) is 1. The lowest BCUT2D eigenvalue weighted by molar-refractivity contribution is 0.169. The molecule has 1 heterocycles. The van der Waals surface area contributed by atoms with Crippen LogP contribution in [-0.2, 0) is 6.42 Å². The molecule has 104 valence electrons. The van der Waals surface area contributed by atoms with Gasteiger partial charge in [-0.15, -0.1) is 0 Å². The predicted octanol–water partition coefficient (Wildman–Crippen LogP) is 1.81. The lowest BCUT2D eigenvalue weighted by Crippen LogP contribution is -2.36. The number of hydrogen-bond donors (Lipinski definition) is 1. The third-order valence-corrected chi connectivity index (χ3v) is 3.78. The van der Waals surface area contributed by atoms with Crippen molar-refractivity contribution in [2.75, 3.05) is 26.7 Å². The Bertz CT molecular complexity index is 448.